The maximum Gasteiger partial charge on any atom is 0.227 e. The Bertz CT molecular complexity index is 849. The summed E-state index contributed by atoms with van der Waals surface area (Å²) in [4.78, 5) is 16.7. The van der Waals surface area contributed by atoms with Gasteiger partial charge in [0.1, 0.15) is 0 Å². The molecule has 4 rings (SSSR count). The van der Waals surface area contributed by atoms with Gasteiger partial charge in [0, 0.05) is 29.1 Å². The van der Waals surface area contributed by atoms with E-state index >= 15 is 0 Å². The Kier molecular flexibility index (Phi) is 2.92. The lowest BCUT2D eigenvalue weighted by molar-refractivity contribution is -0.120. The SMILES string of the molecule is Cc1[nH]nc2ncc(NC(=O)C3CCc4cn[nH]c4C3)cc12. The van der Waals surface area contributed by atoms with E-state index in [1.54, 1.807) is 6.20 Å². The van der Waals surface area contributed by atoms with E-state index < -0.39 is 0 Å². The van der Waals surface area contributed by atoms with Crippen molar-refractivity contribution in [1.29, 1.82) is 0 Å². The zero-order valence-electron chi connectivity index (χ0n) is 12.2. The number of nitrogens with one attached hydrogen (secondary N) is 3. The van der Waals surface area contributed by atoms with Crippen molar-refractivity contribution in [2.75, 3.05) is 5.32 Å². The van der Waals surface area contributed by atoms with Crippen molar-refractivity contribution < 1.29 is 4.79 Å². The molecule has 3 aromatic rings. The monoisotopic (exact) mass is 296 g/mol. The Morgan fingerprint density at radius 1 is 1.36 bits per heavy atom. The van der Waals surface area contributed by atoms with Crippen molar-refractivity contribution in [3.8, 4) is 0 Å². The molecule has 1 unspecified atom stereocenters. The second-order valence-electron chi connectivity index (χ2n) is 5.75. The number of carbonyl (C=O) groups is 1. The summed E-state index contributed by atoms with van der Waals surface area (Å²) in [5, 5.41) is 17.9. The summed E-state index contributed by atoms with van der Waals surface area (Å²) in [7, 11) is 0. The predicted octanol–water partition coefficient (Wildman–Crippen LogP) is 1.73. The van der Waals surface area contributed by atoms with E-state index in [1.165, 1.54) is 5.56 Å². The average molecular weight is 296 g/mol. The van der Waals surface area contributed by atoms with Gasteiger partial charge in [0.2, 0.25) is 5.91 Å². The second-order valence-corrected chi connectivity index (χ2v) is 5.75. The van der Waals surface area contributed by atoms with Crippen LogP contribution in [0.25, 0.3) is 11.0 Å². The highest BCUT2D eigenvalue weighted by atomic mass is 16.1. The van der Waals surface area contributed by atoms with E-state index in [0.717, 1.165) is 29.6 Å². The zero-order chi connectivity index (χ0) is 15.1. The Labute approximate surface area is 126 Å². The third-order valence-electron chi connectivity index (χ3n) is 4.26. The molecule has 3 N–H and O–H groups in total. The van der Waals surface area contributed by atoms with Gasteiger partial charge in [-0.1, -0.05) is 0 Å². The van der Waals surface area contributed by atoms with Crippen LogP contribution in [0.15, 0.2) is 18.5 Å². The molecule has 1 amide bonds. The molecule has 0 spiro atoms. The number of fused-ring (bicyclic) bond motifs is 2. The van der Waals surface area contributed by atoms with Crippen LogP contribution in [-0.4, -0.2) is 31.3 Å². The normalized spacial score (nSPS) is 17.4. The number of amides is 1. The molecule has 0 aromatic carbocycles. The molecular weight excluding hydrogens is 280 g/mol. The third-order valence-corrected chi connectivity index (χ3v) is 4.26. The molecule has 1 aliphatic carbocycles. The summed E-state index contributed by atoms with van der Waals surface area (Å²) in [5.41, 5.74) is 4.61. The molecule has 0 aliphatic heterocycles. The summed E-state index contributed by atoms with van der Waals surface area (Å²) in [6.45, 7) is 1.93. The maximum atomic E-state index is 12.5. The number of hydrogen-bond acceptors (Lipinski definition) is 4. The number of aromatic amines is 2. The number of anilines is 1. The van der Waals surface area contributed by atoms with Gasteiger partial charge in [-0.15, -0.1) is 0 Å². The van der Waals surface area contributed by atoms with Crippen molar-refractivity contribution in [1.82, 2.24) is 25.4 Å². The van der Waals surface area contributed by atoms with Gasteiger partial charge in [0.25, 0.3) is 0 Å². The fourth-order valence-corrected chi connectivity index (χ4v) is 2.96. The first-order valence-corrected chi connectivity index (χ1v) is 7.33. The minimum atomic E-state index is -0.0332. The molecule has 0 radical (unpaired) electrons. The van der Waals surface area contributed by atoms with E-state index in [-0.39, 0.29) is 11.8 Å². The molecule has 0 saturated carbocycles. The highest BCUT2D eigenvalue weighted by molar-refractivity contribution is 5.94. The third kappa shape index (κ3) is 2.14. The zero-order valence-corrected chi connectivity index (χ0v) is 12.2. The molecule has 0 fully saturated rings. The van der Waals surface area contributed by atoms with Crippen LogP contribution in [0, 0.1) is 12.8 Å². The summed E-state index contributed by atoms with van der Waals surface area (Å²) in [6.07, 6.45) is 5.94. The first kappa shape index (κ1) is 13.0. The lowest BCUT2D eigenvalue weighted by Gasteiger charge is -2.20. The van der Waals surface area contributed by atoms with E-state index in [9.17, 15) is 4.79 Å². The van der Waals surface area contributed by atoms with E-state index in [1.807, 2.05) is 19.2 Å². The fraction of sp³-hybridized carbons (Fsp3) is 0.333. The quantitative estimate of drug-likeness (QED) is 0.670. The minimum absolute atomic E-state index is 0.0301. The van der Waals surface area contributed by atoms with Gasteiger partial charge in [-0.3, -0.25) is 15.0 Å². The lowest BCUT2D eigenvalue weighted by Crippen LogP contribution is -2.28. The first-order chi connectivity index (χ1) is 10.7. The van der Waals surface area contributed by atoms with Crippen LogP contribution in [0.5, 0.6) is 0 Å². The highest BCUT2D eigenvalue weighted by Gasteiger charge is 2.26. The van der Waals surface area contributed by atoms with Crippen LogP contribution in [0.3, 0.4) is 0 Å². The Balaban J connectivity index is 1.52. The smallest absolute Gasteiger partial charge is 0.227 e. The van der Waals surface area contributed by atoms with Crippen LogP contribution in [0.4, 0.5) is 5.69 Å². The first-order valence-electron chi connectivity index (χ1n) is 7.33. The van der Waals surface area contributed by atoms with Gasteiger partial charge < -0.3 is 5.32 Å². The fourth-order valence-electron chi connectivity index (χ4n) is 2.96. The van der Waals surface area contributed by atoms with Gasteiger partial charge >= 0.3 is 0 Å². The number of rotatable bonds is 2. The van der Waals surface area contributed by atoms with Gasteiger partial charge in [-0.05, 0) is 31.4 Å². The lowest BCUT2D eigenvalue weighted by atomic mass is 9.87. The van der Waals surface area contributed by atoms with E-state index in [4.69, 9.17) is 0 Å². The average Bonchev–Trinajstić information content (AvgIpc) is 3.13. The molecule has 1 atom stereocenters. The summed E-state index contributed by atoms with van der Waals surface area (Å²) >= 11 is 0. The molecule has 7 heteroatoms. The molecule has 22 heavy (non-hydrogen) atoms. The van der Waals surface area contributed by atoms with Crippen LogP contribution < -0.4 is 5.32 Å². The van der Waals surface area contributed by atoms with Gasteiger partial charge in [-0.2, -0.15) is 10.2 Å². The Hall–Kier alpha value is -2.70. The van der Waals surface area contributed by atoms with Crippen LogP contribution in [0.1, 0.15) is 23.4 Å². The van der Waals surface area contributed by atoms with Crippen molar-refractivity contribution in [3.05, 3.63) is 35.4 Å². The number of H-pyrrole nitrogens is 2. The number of aromatic nitrogens is 5. The van der Waals surface area contributed by atoms with Crippen molar-refractivity contribution in [2.45, 2.75) is 26.2 Å². The molecule has 1 aliphatic rings. The minimum Gasteiger partial charge on any atom is -0.324 e. The molecule has 0 bridgehead atoms. The second kappa shape index (κ2) is 4.94. The molecular formula is C15H16N6O. The van der Waals surface area contributed by atoms with Crippen molar-refractivity contribution in [2.24, 2.45) is 5.92 Å². The van der Waals surface area contributed by atoms with E-state index in [0.29, 0.717) is 17.8 Å². The van der Waals surface area contributed by atoms with Crippen molar-refractivity contribution >= 4 is 22.6 Å². The summed E-state index contributed by atoms with van der Waals surface area (Å²) < 4.78 is 0. The summed E-state index contributed by atoms with van der Waals surface area (Å²) in [5.74, 6) is -0.00311. The summed E-state index contributed by atoms with van der Waals surface area (Å²) in [6, 6.07) is 1.91. The Morgan fingerprint density at radius 3 is 3.18 bits per heavy atom. The van der Waals surface area contributed by atoms with Gasteiger partial charge in [-0.25, -0.2) is 4.98 Å². The van der Waals surface area contributed by atoms with Crippen molar-refractivity contribution in [3.63, 3.8) is 0 Å². The van der Waals surface area contributed by atoms with E-state index in [2.05, 4.69) is 30.7 Å². The van der Waals surface area contributed by atoms with Crippen LogP contribution >= 0.6 is 0 Å². The number of nitrogens with zero attached hydrogens (tertiary/aromatic N) is 3. The Morgan fingerprint density at radius 2 is 2.27 bits per heavy atom. The molecule has 112 valence electrons. The van der Waals surface area contributed by atoms with Crippen LogP contribution in [0.2, 0.25) is 0 Å². The highest BCUT2D eigenvalue weighted by Crippen LogP contribution is 2.25. The molecule has 3 heterocycles. The molecule has 3 aromatic heterocycles. The number of carbonyl (C=O) groups excluding carboxylic acids is 1. The standard InChI is InChI=1S/C15H16N6O/c1-8-12-5-11(7-16-14(12)21-19-8)18-15(22)9-2-3-10-6-17-20-13(10)4-9/h5-7,9H,2-4H2,1H3,(H,17,20)(H,18,22)(H,16,19,21). The molecule has 7 nitrogen and oxygen atoms in total. The number of aryl methyl sites for hydroxylation is 2. The number of hydrogen-bond donors (Lipinski definition) is 3. The maximum absolute atomic E-state index is 12.5. The van der Waals surface area contributed by atoms with Gasteiger partial charge in [0.15, 0.2) is 5.65 Å². The van der Waals surface area contributed by atoms with Crippen LogP contribution in [-0.2, 0) is 17.6 Å². The van der Waals surface area contributed by atoms with Gasteiger partial charge in [0.05, 0.1) is 18.1 Å². The topological polar surface area (TPSA) is 99.3 Å². The molecule has 0 saturated heterocycles. The largest absolute Gasteiger partial charge is 0.324 e. The number of pyridine rings is 1. The predicted molar refractivity (Wildman–Crippen MR) is 81.4 cm³/mol.